The summed E-state index contributed by atoms with van der Waals surface area (Å²) < 4.78 is 0. The van der Waals surface area contributed by atoms with E-state index in [4.69, 9.17) is 10.2 Å². The zero-order chi connectivity index (χ0) is 10.7. The highest BCUT2D eigenvalue weighted by Gasteiger charge is 2.25. The van der Waals surface area contributed by atoms with Crippen molar-refractivity contribution in [3.63, 3.8) is 0 Å². The summed E-state index contributed by atoms with van der Waals surface area (Å²) in [6.07, 6.45) is -0.459. The van der Waals surface area contributed by atoms with Crippen LogP contribution in [0.1, 0.15) is 23.7 Å². The van der Waals surface area contributed by atoms with Crippen molar-refractivity contribution in [3.05, 3.63) is 17.5 Å². The Balaban J connectivity index is 2.88. The molecule has 0 amide bonds. The van der Waals surface area contributed by atoms with Crippen molar-refractivity contribution in [3.8, 4) is 0 Å². The topological polar surface area (TPSA) is 103 Å². The molecule has 14 heavy (non-hydrogen) atoms. The second-order valence-electron chi connectivity index (χ2n) is 2.96. The number of carboxylic acids is 2. The molecule has 0 aromatic carbocycles. The average Bonchev–Trinajstić information content (AvgIpc) is 2.46. The molecule has 1 atom stereocenters. The van der Waals surface area contributed by atoms with Crippen LogP contribution in [0.2, 0.25) is 0 Å². The molecule has 1 aromatic rings. The molecule has 6 nitrogen and oxygen atoms in total. The number of aryl methyl sites for hydroxylation is 1. The Labute approximate surface area is 79.6 Å². The number of nitrogens with one attached hydrogen (secondary N) is 1. The molecule has 0 aliphatic heterocycles. The number of hydrogen-bond acceptors (Lipinski definition) is 3. The SMILES string of the molecule is Cc1cc(C(CC(=O)O)C(=O)O)n[nH]1. The highest BCUT2D eigenvalue weighted by Crippen LogP contribution is 2.18. The fourth-order valence-electron chi connectivity index (χ4n) is 1.11. The Morgan fingerprint density at radius 1 is 1.57 bits per heavy atom. The van der Waals surface area contributed by atoms with E-state index >= 15 is 0 Å². The first-order valence-corrected chi connectivity index (χ1v) is 3.97. The summed E-state index contributed by atoms with van der Waals surface area (Å²) in [4.78, 5) is 21.1. The summed E-state index contributed by atoms with van der Waals surface area (Å²) in [5.41, 5.74) is 0.953. The van der Waals surface area contributed by atoms with Crippen molar-refractivity contribution in [1.82, 2.24) is 10.2 Å². The number of aromatic amines is 1. The van der Waals surface area contributed by atoms with E-state index in [2.05, 4.69) is 10.2 Å². The van der Waals surface area contributed by atoms with Crippen LogP contribution in [0.3, 0.4) is 0 Å². The van der Waals surface area contributed by atoms with Crippen LogP contribution in [0.4, 0.5) is 0 Å². The van der Waals surface area contributed by atoms with Gasteiger partial charge in [-0.05, 0) is 13.0 Å². The summed E-state index contributed by atoms with van der Waals surface area (Å²) in [5, 5.41) is 23.6. The maximum Gasteiger partial charge on any atom is 0.313 e. The minimum Gasteiger partial charge on any atom is -0.481 e. The third-order valence-electron chi connectivity index (χ3n) is 1.76. The predicted molar refractivity (Wildman–Crippen MR) is 46.0 cm³/mol. The highest BCUT2D eigenvalue weighted by molar-refractivity contribution is 5.81. The molecule has 0 fully saturated rings. The van der Waals surface area contributed by atoms with Crippen LogP contribution in [-0.2, 0) is 9.59 Å². The summed E-state index contributed by atoms with van der Waals surface area (Å²) in [6.45, 7) is 1.72. The zero-order valence-electron chi connectivity index (χ0n) is 7.52. The largest absolute Gasteiger partial charge is 0.481 e. The maximum absolute atomic E-state index is 10.7. The lowest BCUT2D eigenvalue weighted by atomic mass is 10.0. The lowest BCUT2D eigenvalue weighted by Crippen LogP contribution is -2.16. The van der Waals surface area contributed by atoms with Crippen LogP contribution >= 0.6 is 0 Å². The maximum atomic E-state index is 10.7. The van der Waals surface area contributed by atoms with Crippen molar-refractivity contribution in [1.29, 1.82) is 0 Å². The number of aromatic nitrogens is 2. The molecule has 0 saturated carbocycles. The fraction of sp³-hybridized carbons (Fsp3) is 0.375. The molecule has 0 radical (unpaired) electrons. The molecule has 1 unspecified atom stereocenters. The summed E-state index contributed by atoms with van der Waals surface area (Å²) in [7, 11) is 0. The van der Waals surface area contributed by atoms with E-state index in [0.717, 1.165) is 0 Å². The predicted octanol–water partition coefficient (Wildman–Crippen LogP) is 0.361. The third kappa shape index (κ3) is 2.32. The third-order valence-corrected chi connectivity index (χ3v) is 1.76. The normalized spacial score (nSPS) is 12.4. The molecule has 1 heterocycles. The van der Waals surface area contributed by atoms with Gasteiger partial charge in [-0.2, -0.15) is 5.10 Å². The number of nitrogens with zero attached hydrogens (tertiary/aromatic N) is 1. The molecule has 0 spiro atoms. The quantitative estimate of drug-likeness (QED) is 0.648. The van der Waals surface area contributed by atoms with Crippen molar-refractivity contribution >= 4 is 11.9 Å². The van der Waals surface area contributed by atoms with Gasteiger partial charge in [0.25, 0.3) is 0 Å². The van der Waals surface area contributed by atoms with Gasteiger partial charge in [0.15, 0.2) is 0 Å². The van der Waals surface area contributed by atoms with Crippen LogP contribution in [0.15, 0.2) is 6.07 Å². The monoisotopic (exact) mass is 198 g/mol. The first-order valence-electron chi connectivity index (χ1n) is 3.97. The second-order valence-corrected chi connectivity index (χ2v) is 2.96. The van der Waals surface area contributed by atoms with Gasteiger partial charge >= 0.3 is 11.9 Å². The summed E-state index contributed by atoms with van der Waals surface area (Å²) in [5.74, 6) is -3.42. The minimum absolute atomic E-state index is 0.248. The van der Waals surface area contributed by atoms with E-state index < -0.39 is 24.3 Å². The van der Waals surface area contributed by atoms with Gasteiger partial charge in [0, 0.05) is 5.69 Å². The average molecular weight is 198 g/mol. The van der Waals surface area contributed by atoms with Gasteiger partial charge in [-0.25, -0.2) is 0 Å². The van der Waals surface area contributed by atoms with E-state index in [1.54, 1.807) is 6.92 Å². The summed E-state index contributed by atoms with van der Waals surface area (Å²) in [6, 6.07) is 1.53. The van der Waals surface area contributed by atoms with Gasteiger partial charge < -0.3 is 10.2 Å². The van der Waals surface area contributed by atoms with Crippen molar-refractivity contribution in [2.24, 2.45) is 0 Å². The Morgan fingerprint density at radius 3 is 2.57 bits per heavy atom. The number of aliphatic carboxylic acids is 2. The van der Waals surface area contributed by atoms with Crippen molar-refractivity contribution < 1.29 is 19.8 Å². The lowest BCUT2D eigenvalue weighted by molar-refractivity contribution is -0.145. The minimum atomic E-state index is -1.18. The molecule has 1 aromatic heterocycles. The van der Waals surface area contributed by atoms with E-state index in [1.807, 2.05) is 0 Å². The Hall–Kier alpha value is -1.85. The van der Waals surface area contributed by atoms with Crippen LogP contribution < -0.4 is 0 Å². The van der Waals surface area contributed by atoms with Crippen molar-refractivity contribution in [2.45, 2.75) is 19.3 Å². The number of rotatable bonds is 4. The van der Waals surface area contributed by atoms with Crippen LogP contribution in [0.5, 0.6) is 0 Å². The van der Waals surface area contributed by atoms with Crippen molar-refractivity contribution in [2.75, 3.05) is 0 Å². The highest BCUT2D eigenvalue weighted by atomic mass is 16.4. The van der Waals surface area contributed by atoms with Gasteiger partial charge in [-0.1, -0.05) is 0 Å². The lowest BCUT2D eigenvalue weighted by Gasteiger charge is -2.04. The van der Waals surface area contributed by atoms with E-state index in [0.29, 0.717) is 5.69 Å². The Bertz CT molecular complexity index is 358. The second kappa shape index (κ2) is 3.91. The van der Waals surface area contributed by atoms with Crippen LogP contribution in [0, 0.1) is 6.92 Å². The molecule has 0 aliphatic rings. The molecule has 76 valence electrons. The fourth-order valence-corrected chi connectivity index (χ4v) is 1.11. The first kappa shape index (κ1) is 10.2. The standard InChI is InChI=1S/C8H10N2O4/c1-4-2-6(10-9-4)5(8(13)14)3-7(11)12/h2,5H,3H2,1H3,(H,9,10)(H,11,12)(H,13,14). The molecule has 0 bridgehead atoms. The number of H-pyrrole nitrogens is 1. The molecule has 1 rings (SSSR count). The molecule has 0 aliphatic carbocycles. The molecular weight excluding hydrogens is 188 g/mol. The Morgan fingerprint density at radius 2 is 2.21 bits per heavy atom. The zero-order valence-corrected chi connectivity index (χ0v) is 7.52. The van der Waals surface area contributed by atoms with Gasteiger partial charge in [0.1, 0.15) is 5.92 Å². The van der Waals surface area contributed by atoms with Gasteiger partial charge in [-0.3, -0.25) is 14.7 Å². The number of hydrogen-bond donors (Lipinski definition) is 3. The first-order chi connectivity index (χ1) is 6.50. The van der Waals surface area contributed by atoms with E-state index in [1.165, 1.54) is 6.07 Å². The van der Waals surface area contributed by atoms with Gasteiger partial charge in [0.05, 0.1) is 12.1 Å². The van der Waals surface area contributed by atoms with Gasteiger partial charge in [0.2, 0.25) is 0 Å². The van der Waals surface area contributed by atoms with E-state index in [-0.39, 0.29) is 5.69 Å². The summed E-state index contributed by atoms with van der Waals surface area (Å²) >= 11 is 0. The van der Waals surface area contributed by atoms with E-state index in [9.17, 15) is 9.59 Å². The van der Waals surface area contributed by atoms with Crippen LogP contribution in [0.25, 0.3) is 0 Å². The number of carbonyl (C=O) groups is 2. The molecule has 6 heteroatoms. The molecular formula is C8H10N2O4. The number of carboxylic acid groups (broad SMARTS) is 2. The molecule has 3 N–H and O–H groups in total. The van der Waals surface area contributed by atoms with Crippen LogP contribution in [-0.4, -0.2) is 32.3 Å². The van der Waals surface area contributed by atoms with Gasteiger partial charge in [-0.15, -0.1) is 0 Å². The Kier molecular flexibility index (Phi) is 2.85. The molecule has 0 saturated heterocycles. The smallest absolute Gasteiger partial charge is 0.313 e.